The van der Waals surface area contributed by atoms with Crippen LogP contribution >= 0.6 is 23.2 Å². The second kappa shape index (κ2) is 8.86. The molecule has 0 aliphatic heterocycles. The van der Waals surface area contributed by atoms with E-state index in [4.69, 9.17) is 27.9 Å². The molecule has 0 radical (unpaired) electrons. The summed E-state index contributed by atoms with van der Waals surface area (Å²) in [7, 11) is 6.05. The van der Waals surface area contributed by atoms with Crippen molar-refractivity contribution < 1.29 is 4.74 Å². The highest BCUT2D eigenvalue weighted by atomic mass is 35.5. The number of halogens is 2. The number of ether oxygens (including phenoxy) is 1. The number of hydrogen-bond donors (Lipinski definition) is 0. The number of imidazole rings is 1. The van der Waals surface area contributed by atoms with Gasteiger partial charge in [0.15, 0.2) is 0 Å². The van der Waals surface area contributed by atoms with Crippen molar-refractivity contribution in [2.24, 2.45) is 7.05 Å². The van der Waals surface area contributed by atoms with E-state index in [0.717, 1.165) is 29.9 Å². The van der Waals surface area contributed by atoms with E-state index in [1.807, 2.05) is 44.0 Å². The first-order valence-corrected chi connectivity index (χ1v) is 8.88. The highest BCUT2D eigenvalue weighted by Crippen LogP contribution is 2.37. The molecule has 2 rings (SSSR count). The lowest BCUT2D eigenvalue weighted by atomic mass is 9.97. The second-order valence-electron chi connectivity index (χ2n) is 6.14. The van der Waals surface area contributed by atoms with Crippen LogP contribution in [-0.2, 0) is 18.2 Å². The molecule has 0 bridgehead atoms. The molecule has 1 aromatic carbocycles. The van der Waals surface area contributed by atoms with Gasteiger partial charge < -0.3 is 14.2 Å². The Morgan fingerprint density at radius 2 is 2.04 bits per heavy atom. The van der Waals surface area contributed by atoms with Gasteiger partial charge in [-0.25, -0.2) is 4.98 Å². The van der Waals surface area contributed by atoms with Gasteiger partial charge in [0.25, 0.3) is 0 Å². The molecular weight excluding hydrogens is 345 g/mol. The third-order valence-electron chi connectivity index (χ3n) is 4.04. The van der Waals surface area contributed by atoms with E-state index in [2.05, 4.69) is 16.8 Å². The fraction of sp³-hybridized carbons (Fsp3) is 0.500. The number of aryl methyl sites for hydroxylation is 1. The zero-order chi connectivity index (χ0) is 17.7. The van der Waals surface area contributed by atoms with E-state index in [1.54, 1.807) is 6.20 Å². The highest BCUT2D eigenvalue weighted by Gasteiger charge is 2.21. The van der Waals surface area contributed by atoms with Gasteiger partial charge in [-0.2, -0.15) is 0 Å². The fourth-order valence-corrected chi connectivity index (χ4v) is 3.10. The minimum atomic E-state index is -0.0774. The van der Waals surface area contributed by atoms with Crippen molar-refractivity contribution in [1.29, 1.82) is 0 Å². The van der Waals surface area contributed by atoms with Crippen molar-refractivity contribution in [1.82, 2.24) is 14.5 Å². The zero-order valence-electron chi connectivity index (χ0n) is 14.7. The average molecular weight is 370 g/mol. The van der Waals surface area contributed by atoms with Crippen molar-refractivity contribution in [2.75, 3.05) is 27.2 Å². The van der Waals surface area contributed by atoms with Crippen LogP contribution in [0.25, 0.3) is 0 Å². The highest BCUT2D eigenvalue weighted by molar-refractivity contribution is 6.42. The second-order valence-corrected chi connectivity index (χ2v) is 6.92. The van der Waals surface area contributed by atoms with E-state index in [0.29, 0.717) is 23.1 Å². The van der Waals surface area contributed by atoms with Crippen molar-refractivity contribution in [3.8, 4) is 0 Å². The van der Waals surface area contributed by atoms with Crippen molar-refractivity contribution in [3.63, 3.8) is 0 Å². The monoisotopic (exact) mass is 369 g/mol. The summed E-state index contributed by atoms with van der Waals surface area (Å²) in [6, 6.07) is 3.87. The number of aromatic nitrogens is 2. The van der Waals surface area contributed by atoms with Crippen molar-refractivity contribution >= 4 is 23.2 Å². The number of nitrogens with zero attached hydrogens (tertiary/aromatic N) is 3. The molecule has 4 nitrogen and oxygen atoms in total. The van der Waals surface area contributed by atoms with E-state index < -0.39 is 0 Å². The molecule has 2 aromatic rings. The third kappa shape index (κ3) is 4.73. The largest absolute Gasteiger partial charge is 0.372 e. The van der Waals surface area contributed by atoms with Gasteiger partial charge in [-0.3, -0.25) is 0 Å². The molecule has 24 heavy (non-hydrogen) atoms. The number of benzene rings is 1. The van der Waals surface area contributed by atoms with Gasteiger partial charge in [0.2, 0.25) is 0 Å². The Morgan fingerprint density at radius 1 is 1.29 bits per heavy atom. The summed E-state index contributed by atoms with van der Waals surface area (Å²) >= 11 is 12.8. The number of likely N-dealkylation sites (N-methyl/N-ethyl adjacent to an activating group) is 1. The fourth-order valence-electron chi connectivity index (χ4n) is 2.63. The Bertz CT molecular complexity index is 670. The van der Waals surface area contributed by atoms with Crippen LogP contribution in [0, 0.1) is 0 Å². The standard InChI is InChI=1S/C18H25Cl2N3O/c1-5-15(24-11-10-22(2)3)17-13(6-7-14(19)18(17)20)12-16-21-8-9-23(16)4/h6-9,15H,5,10-12H2,1-4H3. The van der Waals surface area contributed by atoms with E-state index in [-0.39, 0.29) is 6.10 Å². The summed E-state index contributed by atoms with van der Waals surface area (Å²) in [6.07, 6.45) is 5.20. The lowest BCUT2D eigenvalue weighted by Crippen LogP contribution is -2.20. The maximum atomic E-state index is 6.54. The zero-order valence-corrected chi connectivity index (χ0v) is 16.2. The number of rotatable bonds is 8. The summed E-state index contributed by atoms with van der Waals surface area (Å²) in [6.45, 7) is 3.61. The summed E-state index contributed by atoms with van der Waals surface area (Å²) in [5.41, 5.74) is 2.09. The lowest BCUT2D eigenvalue weighted by molar-refractivity contribution is 0.0406. The summed E-state index contributed by atoms with van der Waals surface area (Å²) in [4.78, 5) is 6.51. The van der Waals surface area contributed by atoms with Crippen LogP contribution in [0.2, 0.25) is 10.0 Å². The molecule has 1 heterocycles. The average Bonchev–Trinajstić information content (AvgIpc) is 2.94. The third-order valence-corrected chi connectivity index (χ3v) is 4.86. The molecule has 0 fully saturated rings. The van der Waals surface area contributed by atoms with Gasteiger partial charge in [-0.1, -0.05) is 36.2 Å². The van der Waals surface area contributed by atoms with Crippen LogP contribution in [0.5, 0.6) is 0 Å². The van der Waals surface area contributed by atoms with Crippen LogP contribution in [0.3, 0.4) is 0 Å². The van der Waals surface area contributed by atoms with Crippen LogP contribution in [0.1, 0.15) is 36.4 Å². The maximum absolute atomic E-state index is 6.54. The Hall–Kier alpha value is -1.07. The van der Waals surface area contributed by atoms with Gasteiger partial charge in [-0.05, 0) is 32.1 Å². The molecule has 1 atom stereocenters. The van der Waals surface area contributed by atoms with E-state index in [1.165, 1.54) is 0 Å². The first-order valence-electron chi connectivity index (χ1n) is 8.13. The van der Waals surface area contributed by atoms with Crippen LogP contribution in [0.15, 0.2) is 24.5 Å². The molecule has 0 saturated carbocycles. The molecule has 132 valence electrons. The molecule has 0 amide bonds. The topological polar surface area (TPSA) is 30.3 Å². The van der Waals surface area contributed by atoms with Gasteiger partial charge in [-0.15, -0.1) is 0 Å². The molecule has 0 spiro atoms. The van der Waals surface area contributed by atoms with E-state index >= 15 is 0 Å². The predicted octanol–water partition coefficient (Wildman–Crippen LogP) is 4.35. The smallest absolute Gasteiger partial charge is 0.112 e. The van der Waals surface area contributed by atoms with Gasteiger partial charge in [0, 0.05) is 38.0 Å². The molecule has 6 heteroatoms. The SMILES string of the molecule is CCC(OCCN(C)C)c1c(Cc2nccn2C)ccc(Cl)c1Cl. The number of hydrogen-bond acceptors (Lipinski definition) is 3. The molecule has 1 aromatic heterocycles. The van der Waals surface area contributed by atoms with Crippen molar-refractivity contribution in [2.45, 2.75) is 25.9 Å². The van der Waals surface area contributed by atoms with Crippen molar-refractivity contribution in [3.05, 3.63) is 51.5 Å². The molecule has 0 aliphatic carbocycles. The Balaban J connectivity index is 2.31. The minimum absolute atomic E-state index is 0.0774. The van der Waals surface area contributed by atoms with Crippen LogP contribution in [0.4, 0.5) is 0 Å². The lowest BCUT2D eigenvalue weighted by Gasteiger charge is -2.23. The Kier molecular flexibility index (Phi) is 7.11. The Morgan fingerprint density at radius 3 is 2.62 bits per heavy atom. The predicted molar refractivity (Wildman–Crippen MR) is 100 cm³/mol. The normalized spacial score (nSPS) is 12.8. The van der Waals surface area contributed by atoms with Gasteiger partial charge in [0.05, 0.1) is 22.8 Å². The van der Waals surface area contributed by atoms with Crippen LogP contribution < -0.4 is 0 Å². The first-order chi connectivity index (χ1) is 11.4. The molecule has 1 unspecified atom stereocenters. The maximum Gasteiger partial charge on any atom is 0.112 e. The molecule has 0 N–H and O–H groups in total. The summed E-state index contributed by atoms with van der Waals surface area (Å²) in [5, 5.41) is 1.14. The van der Waals surface area contributed by atoms with Gasteiger partial charge in [0.1, 0.15) is 5.82 Å². The van der Waals surface area contributed by atoms with Gasteiger partial charge >= 0.3 is 0 Å². The Labute approximate surface area is 154 Å². The molecular formula is C18H25Cl2N3O. The van der Waals surface area contributed by atoms with Crippen LogP contribution in [-0.4, -0.2) is 41.7 Å². The summed E-state index contributed by atoms with van der Waals surface area (Å²) in [5.74, 6) is 0.984. The molecule has 0 saturated heterocycles. The minimum Gasteiger partial charge on any atom is -0.372 e. The molecule has 0 aliphatic rings. The first kappa shape index (κ1) is 19.3. The van der Waals surface area contributed by atoms with E-state index in [9.17, 15) is 0 Å². The summed E-state index contributed by atoms with van der Waals surface area (Å²) < 4.78 is 8.12. The quantitative estimate of drug-likeness (QED) is 0.692.